The second kappa shape index (κ2) is 19.0. The first-order valence-corrected chi connectivity index (χ1v) is 16.4. The number of nitrogens with zero attached hydrogens (tertiary/aromatic N) is 2. The third-order valence-electron chi connectivity index (χ3n) is 7.02. The number of rotatable bonds is 17. The summed E-state index contributed by atoms with van der Waals surface area (Å²) in [5, 5.41) is 14.7. The molecular formula is C31H39ClN3NaO8S. The number of nitrogens with one attached hydrogen (secondary N) is 1. The number of carbonyl (C=O) groups excluding carboxylic acids is 3. The molecule has 0 bridgehead atoms. The van der Waals surface area contributed by atoms with Gasteiger partial charge in [0.15, 0.2) is 0 Å². The van der Waals surface area contributed by atoms with Crippen molar-refractivity contribution in [3.05, 3.63) is 70.4 Å². The molecule has 2 aromatic carbocycles. The number of hydrogen-bond donors (Lipinski definition) is 3. The zero-order chi connectivity index (χ0) is 32.1. The van der Waals surface area contributed by atoms with Crippen LogP contribution >= 0.6 is 11.6 Å². The Bertz CT molecular complexity index is 1550. The van der Waals surface area contributed by atoms with Crippen LogP contribution in [0.4, 0.5) is 0 Å². The van der Waals surface area contributed by atoms with Crippen LogP contribution in [0.1, 0.15) is 66.4 Å². The average Bonchev–Trinajstić information content (AvgIpc) is 2.99. The molecule has 0 unspecified atom stereocenters. The van der Waals surface area contributed by atoms with Gasteiger partial charge in [0.2, 0.25) is 5.91 Å². The fraction of sp³-hybridized carbons (Fsp3) is 0.419. The zero-order valence-corrected chi connectivity index (χ0v) is 26.2. The fourth-order valence-electron chi connectivity index (χ4n) is 4.43. The van der Waals surface area contributed by atoms with E-state index in [0.717, 1.165) is 24.0 Å². The molecule has 1 aromatic heterocycles. The monoisotopic (exact) mass is 671 g/mol. The Labute approximate surface area is 290 Å². The Morgan fingerprint density at radius 2 is 1.64 bits per heavy atom. The van der Waals surface area contributed by atoms with E-state index in [-0.39, 0.29) is 85.3 Å². The van der Waals surface area contributed by atoms with Crippen molar-refractivity contribution < 1.29 is 37.2 Å². The molecule has 11 nitrogen and oxygen atoms in total. The number of halogens is 1. The van der Waals surface area contributed by atoms with Crippen LogP contribution in [0, 0.1) is 0 Å². The summed E-state index contributed by atoms with van der Waals surface area (Å²) in [4.78, 5) is 42.4. The first kappa shape index (κ1) is 38.4. The van der Waals surface area contributed by atoms with Gasteiger partial charge in [-0.15, -0.1) is 0 Å². The summed E-state index contributed by atoms with van der Waals surface area (Å²) in [6.07, 6.45) is 5.85. The van der Waals surface area contributed by atoms with Crippen LogP contribution in [0.2, 0.25) is 5.02 Å². The van der Waals surface area contributed by atoms with Crippen LogP contribution in [0.25, 0.3) is 10.9 Å². The van der Waals surface area contributed by atoms with Crippen LogP contribution in [0.5, 0.6) is 5.75 Å². The van der Waals surface area contributed by atoms with Crippen molar-refractivity contribution in [2.45, 2.75) is 57.9 Å². The zero-order valence-electron chi connectivity index (χ0n) is 24.6. The molecule has 0 aliphatic rings. The summed E-state index contributed by atoms with van der Waals surface area (Å²) in [5.41, 5.74) is 2.40. The van der Waals surface area contributed by atoms with Crippen molar-refractivity contribution in [1.29, 1.82) is 0 Å². The van der Waals surface area contributed by atoms with E-state index in [0.29, 0.717) is 41.6 Å². The molecule has 1 heterocycles. The minimum absolute atomic E-state index is 0. The van der Waals surface area contributed by atoms with Crippen LogP contribution in [0.15, 0.2) is 48.7 Å². The number of ether oxygens (including phenoxy) is 1. The molecule has 45 heavy (non-hydrogen) atoms. The van der Waals surface area contributed by atoms with E-state index in [4.69, 9.17) is 20.9 Å². The fourth-order valence-corrected chi connectivity index (χ4v) is 5.06. The van der Waals surface area contributed by atoms with Gasteiger partial charge in [0.1, 0.15) is 11.3 Å². The number of fused-ring (bicyclic) bond motifs is 1. The molecule has 240 valence electrons. The first-order valence-electron chi connectivity index (χ1n) is 14.4. The van der Waals surface area contributed by atoms with Gasteiger partial charge in [-0.2, -0.15) is 8.42 Å². The van der Waals surface area contributed by atoms with Crippen molar-refractivity contribution in [3.8, 4) is 5.75 Å². The number of unbranched alkanes of at least 4 members (excludes halogenated alkanes) is 3. The predicted molar refractivity (Wildman–Crippen MR) is 174 cm³/mol. The van der Waals surface area contributed by atoms with Crippen molar-refractivity contribution in [2.75, 3.05) is 26.0 Å². The summed E-state index contributed by atoms with van der Waals surface area (Å²) in [7, 11) is -2.61. The standard InChI is InChI=1S/C31H38ClN3O8S.Na.H/c1-35(16-18-44(40,41)42)28(36)8-4-2-3-5-9-29(37)43-17-6-7-22-12-15-27-25(19-22)30(38)26(21-33-27)31(39)34-20-23-10-13-24(32)14-11-23;;/h10-15,19,21H,2-9,16-18,20H2,1H3,(H,33,38)(H,34,39)(H,40,41,42);;. The normalized spacial score (nSPS) is 11.1. The second-order valence-corrected chi connectivity index (χ2v) is 12.5. The van der Waals surface area contributed by atoms with Gasteiger partial charge in [0.25, 0.3) is 16.0 Å². The van der Waals surface area contributed by atoms with Gasteiger partial charge in [0, 0.05) is 49.6 Å². The van der Waals surface area contributed by atoms with Gasteiger partial charge in [0.05, 0.1) is 17.9 Å². The summed E-state index contributed by atoms with van der Waals surface area (Å²) in [6, 6.07) is 12.5. The number of carbonyl (C=O) groups is 3. The number of amides is 2. The van der Waals surface area contributed by atoms with E-state index in [1.807, 2.05) is 6.07 Å². The Kier molecular flexibility index (Phi) is 16.3. The van der Waals surface area contributed by atoms with Crippen LogP contribution in [0.3, 0.4) is 0 Å². The maximum atomic E-state index is 12.7. The molecule has 0 saturated heterocycles. The van der Waals surface area contributed by atoms with Gasteiger partial charge in [-0.25, -0.2) is 0 Å². The van der Waals surface area contributed by atoms with Crippen molar-refractivity contribution in [3.63, 3.8) is 0 Å². The van der Waals surface area contributed by atoms with Crippen molar-refractivity contribution in [2.24, 2.45) is 0 Å². The molecule has 0 fully saturated rings. The minimum atomic E-state index is -4.10. The molecule has 0 radical (unpaired) electrons. The molecule has 3 aromatic rings. The average molecular weight is 672 g/mol. The Balaban J connectivity index is 0.00000705. The maximum absolute atomic E-state index is 12.7. The van der Waals surface area contributed by atoms with Crippen LogP contribution < -0.4 is 5.32 Å². The van der Waals surface area contributed by atoms with Crippen LogP contribution in [-0.2, 0) is 37.4 Å². The number of aromatic hydroxyl groups is 1. The first-order chi connectivity index (χ1) is 20.9. The van der Waals surface area contributed by atoms with Gasteiger partial charge < -0.3 is 20.1 Å². The molecular weight excluding hydrogens is 633 g/mol. The number of pyridine rings is 1. The molecule has 0 saturated carbocycles. The van der Waals surface area contributed by atoms with E-state index < -0.39 is 21.8 Å². The Morgan fingerprint density at radius 1 is 0.978 bits per heavy atom. The summed E-state index contributed by atoms with van der Waals surface area (Å²) in [6.45, 7) is 0.462. The second-order valence-electron chi connectivity index (χ2n) is 10.5. The van der Waals surface area contributed by atoms with Gasteiger partial charge in [-0.3, -0.25) is 23.9 Å². The Hall–Kier alpha value is -2.74. The summed E-state index contributed by atoms with van der Waals surface area (Å²) in [5.74, 6) is -1.57. The molecule has 14 heteroatoms. The third kappa shape index (κ3) is 13.6. The SMILES string of the molecule is CN(CCS(=O)(=O)O)C(=O)CCCCCCC(=O)OCCCc1ccc2ncc(C(=O)NCc3ccc(Cl)cc3)c(O)c2c1.[NaH]. The molecule has 3 rings (SSSR count). The number of benzene rings is 2. The van der Waals surface area contributed by atoms with Crippen molar-refractivity contribution in [1.82, 2.24) is 15.2 Å². The third-order valence-corrected chi connectivity index (χ3v) is 7.97. The molecule has 3 N–H and O–H groups in total. The van der Waals surface area contributed by atoms with E-state index in [1.54, 1.807) is 36.4 Å². The molecule has 2 amide bonds. The summed E-state index contributed by atoms with van der Waals surface area (Å²) < 4.78 is 35.7. The Morgan fingerprint density at radius 3 is 2.33 bits per heavy atom. The van der Waals surface area contributed by atoms with E-state index >= 15 is 0 Å². The van der Waals surface area contributed by atoms with Gasteiger partial charge in [-0.05, 0) is 61.1 Å². The van der Waals surface area contributed by atoms with Crippen LogP contribution in [-0.4, -0.2) is 101 Å². The van der Waals surface area contributed by atoms with Gasteiger partial charge >= 0.3 is 35.5 Å². The molecule has 0 aliphatic heterocycles. The number of aryl methyl sites for hydroxylation is 1. The summed E-state index contributed by atoms with van der Waals surface area (Å²) >= 11 is 5.90. The molecule has 0 aliphatic carbocycles. The quantitative estimate of drug-likeness (QED) is 0.0832. The van der Waals surface area contributed by atoms with Crippen molar-refractivity contribution >= 4 is 80.0 Å². The number of esters is 1. The van der Waals surface area contributed by atoms with E-state index in [9.17, 15) is 27.9 Å². The van der Waals surface area contributed by atoms with Gasteiger partial charge in [-0.1, -0.05) is 42.6 Å². The number of aromatic nitrogens is 1. The van der Waals surface area contributed by atoms with E-state index in [1.165, 1.54) is 18.1 Å². The number of hydrogen-bond acceptors (Lipinski definition) is 8. The molecule has 0 atom stereocenters. The predicted octanol–water partition coefficient (Wildman–Crippen LogP) is 4.04. The van der Waals surface area contributed by atoms with E-state index in [2.05, 4.69) is 10.3 Å². The molecule has 0 spiro atoms. The topological polar surface area (TPSA) is 163 Å².